The third-order valence-electron chi connectivity index (χ3n) is 4.14. The smallest absolute Gasteiger partial charge is 0.302 e. The number of carbonyl (C=O) groups excluding carboxylic acids is 2. The highest BCUT2D eigenvalue weighted by molar-refractivity contribution is 5.66. The van der Waals surface area contributed by atoms with Crippen molar-refractivity contribution in [1.82, 2.24) is 9.80 Å². The maximum absolute atomic E-state index is 10.6. The van der Waals surface area contributed by atoms with Crippen LogP contribution in [0.3, 0.4) is 0 Å². The van der Waals surface area contributed by atoms with Gasteiger partial charge in [0.15, 0.2) is 0 Å². The van der Waals surface area contributed by atoms with Crippen molar-refractivity contribution in [3.63, 3.8) is 0 Å². The van der Waals surface area contributed by atoms with E-state index in [9.17, 15) is 9.59 Å². The Labute approximate surface area is 157 Å². The molecule has 6 heteroatoms. The van der Waals surface area contributed by atoms with E-state index in [1.165, 1.54) is 19.4 Å². The van der Waals surface area contributed by atoms with Gasteiger partial charge >= 0.3 is 11.9 Å². The first-order chi connectivity index (χ1) is 12.5. The molecule has 26 heavy (non-hydrogen) atoms. The molecule has 1 aromatic carbocycles. The number of esters is 2. The van der Waals surface area contributed by atoms with Gasteiger partial charge in [-0.2, -0.15) is 0 Å². The lowest BCUT2D eigenvalue weighted by Crippen LogP contribution is -2.48. The Hall–Kier alpha value is -1.92. The minimum absolute atomic E-state index is 0.227. The third-order valence-corrected chi connectivity index (χ3v) is 4.14. The Morgan fingerprint density at radius 2 is 1.27 bits per heavy atom. The zero-order valence-electron chi connectivity index (χ0n) is 16.3. The van der Waals surface area contributed by atoms with Gasteiger partial charge in [0.05, 0.1) is 0 Å². The first kappa shape index (κ1) is 22.1. The molecule has 0 radical (unpaired) electrons. The van der Waals surface area contributed by atoms with Crippen LogP contribution in [-0.4, -0.2) is 74.2 Å². The van der Waals surface area contributed by atoms with Gasteiger partial charge in [0, 0.05) is 53.1 Å². The Balaban J connectivity index is 0.000000350. The van der Waals surface area contributed by atoms with Crippen molar-refractivity contribution < 1.29 is 19.1 Å². The summed E-state index contributed by atoms with van der Waals surface area (Å²) in [5.41, 5.74) is 1.41. The summed E-state index contributed by atoms with van der Waals surface area (Å²) in [5.74, 6) is -0.454. The van der Waals surface area contributed by atoms with Crippen molar-refractivity contribution in [2.45, 2.75) is 27.2 Å². The molecular formula is C20H32N2O4. The van der Waals surface area contributed by atoms with E-state index >= 15 is 0 Å². The van der Waals surface area contributed by atoms with Crippen LogP contribution in [0.25, 0.3) is 0 Å². The number of benzene rings is 1. The second-order valence-electron chi connectivity index (χ2n) is 6.20. The van der Waals surface area contributed by atoms with Crippen LogP contribution < -0.4 is 0 Å². The zero-order chi connectivity index (χ0) is 19.2. The molecular weight excluding hydrogens is 332 g/mol. The lowest BCUT2D eigenvalue weighted by atomic mass is 10.2. The fourth-order valence-electron chi connectivity index (χ4n) is 2.59. The van der Waals surface area contributed by atoms with E-state index in [1.54, 1.807) is 0 Å². The van der Waals surface area contributed by atoms with Crippen LogP contribution in [0.2, 0.25) is 0 Å². The Morgan fingerprint density at radius 3 is 1.58 bits per heavy atom. The normalized spacial score (nSPS) is 14.9. The summed E-state index contributed by atoms with van der Waals surface area (Å²) in [4.78, 5) is 25.8. The topological polar surface area (TPSA) is 59.1 Å². The lowest BCUT2D eigenvalue weighted by Gasteiger charge is -2.34. The fraction of sp³-hybridized carbons (Fsp3) is 0.600. The number of hydrogen-bond donors (Lipinski definition) is 0. The molecule has 0 atom stereocenters. The molecule has 0 bridgehead atoms. The maximum Gasteiger partial charge on any atom is 0.302 e. The van der Waals surface area contributed by atoms with Crippen LogP contribution >= 0.6 is 0 Å². The van der Waals surface area contributed by atoms with Crippen LogP contribution in [0.5, 0.6) is 0 Å². The summed E-state index contributed by atoms with van der Waals surface area (Å²) < 4.78 is 9.82. The molecule has 0 saturated carbocycles. The molecule has 1 aromatic rings. The Kier molecular flexibility index (Phi) is 11.3. The molecule has 0 aliphatic carbocycles. The molecule has 0 amide bonds. The Morgan fingerprint density at radius 1 is 0.846 bits per heavy atom. The molecule has 2 rings (SSSR count). The van der Waals surface area contributed by atoms with Crippen LogP contribution in [0.4, 0.5) is 0 Å². The van der Waals surface area contributed by atoms with E-state index in [2.05, 4.69) is 41.0 Å². The molecule has 1 aliphatic heterocycles. The first-order valence-corrected chi connectivity index (χ1v) is 9.26. The first-order valence-electron chi connectivity index (χ1n) is 9.26. The second kappa shape index (κ2) is 13.3. The Bertz CT molecular complexity index is 486. The summed E-state index contributed by atoms with van der Waals surface area (Å²) in [7, 11) is 0. The van der Waals surface area contributed by atoms with Crippen LogP contribution in [0.15, 0.2) is 30.3 Å². The van der Waals surface area contributed by atoms with Gasteiger partial charge < -0.3 is 9.47 Å². The fourth-order valence-corrected chi connectivity index (χ4v) is 2.59. The molecule has 1 heterocycles. The van der Waals surface area contributed by atoms with E-state index in [0.29, 0.717) is 13.2 Å². The van der Waals surface area contributed by atoms with Crippen molar-refractivity contribution in [2.75, 3.05) is 52.5 Å². The van der Waals surface area contributed by atoms with E-state index in [1.807, 2.05) is 6.07 Å². The van der Waals surface area contributed by atoms with Crippen molar-refractivity contribution in [1.29, 1.82) is 0 Å². The standard InChI is InChI=1S/C12H22N2O4.C8H10/c1-11(15)17-9-7-13-3-5-14(6-4-13)8-10-18-12(2)16;1-2-8-6-4-3-5-7-8/h3-10H2,1-2H3;3-7H,2H2,1H3. The molecule has 146 valence electrons. The number of piperazine rings is 1. The molecule has 0 N–H and O–H groups in total. The van der Waals surface area contributed by atoms with E-state index < -0.39 is 0 Å². The van der Waals surface area contributed by atoms with Crippen molar-refractivity contribution in [3.05, 3.63) is 35.9 Å². The van der Waals surface area contributed by atoms with Gasteiger partial charge in [-0.15, -0.1) is 0 Å². The quantitative estimate of drug-likeness (QED) is 0.690. The molecule has 1 saturated heterocycles. The SMILES string of the molecule is CC(=O)OCCN1CCN(CCOC(C)=O)CC1.CCc1ccccc1. The van der Waals surface area contributed by atoms with Gasteiger partial charge in [-0.3, -0.25) is 19.4 Å². The summed E-state index contributed by atoms with van der Waals surface area (Å²) in [5, 5.41) is 0. The number of carbonyl (C=O) groups is 2. The van der Waals surface area contributed by atoms with Gasteiger partial charge in [-0.05, 0) is 12.0 Å². The molecule has 0 unspecified atom stereocenters. The molecule has 0 aromatic heterocycles. The maximum atomic E-state index is 10.6. The van der Waals surface area contributed by atoms with Crippen LogP contribution in [0, 0.1) is 0 Å². The highest BCUT2D eigenvalue weighted by atomic mass is 16.5. The molecule has 1 fully saturated rings. The van der Waals surface area contributed by atoms with Crippen molar-refractivity contribution >= 4 is 11.9 Å². The number of aryl methyl sites for hydroxylation is 1. The minimum Gasteiger partial charge on any atom is -0.465 e. The predicted molar refractivity (Wildman–Crippen MR) is 102 cm³/mol. The molecule has 6 nitrogen and oxygen atoms in total. The zero-order valence-corrected chi connectivity index (χ0v) is 16.3. The number of nitrogens with zero attached hydrogens (tertiary/aromatic N) is 2. The van der Waals surface area contributed by atoms with Crippen LogP contribution in [-0.2, 0) is 25.5 Å². The van der Waals surface area contributed by atoms with E-state index in [4.69, 9.17) is 9.47 Å². The highest BCUT2D eigenvalue weighted by Crippen LogP contribution is 2.01. The van der Waals surface area contributed by atoms with Gasteiger partial charge in [-0.25, -0.2) is 0 Å². The van der Waals surface area contributed by atoms with Gasteiger partial charge in [0.1, 0.15) is 13.2 Å². The van der Waals surface area contributed by atoms with Crippen molar-refractivity contribution in [3.8, 4) is 0 Å². The summed E-state index contributed by atoms with van der Waals surface area (Å²) in [6.07, 6.45) is 1.14. The number of rotatable bonds is 7. The van der Waals surface area contributed by atoms with Gasteiger partial charge in [0.25, 0.3) is 0 Å². The minimum atomic E-state index is -0.227. The largest absolute Gasteiger partial charge is 0.465 e. The summed E-state index contributed by atoms with van der Waals surface area (Å²) in [6.45, 7) is 11.3. The monoisotopic (exact) mass is 364 g/mol. The average molecular weight is 364 g/mol. The van der Waals surface area contributed by atoms with E-state index in [0.717, 1.165) is 45.7 Å². The van der Waals surface area contributed by atoms with E-state index in [-0.39, 0.29) is 11.9 Å². The lowest BCUT2D eigenvalue weighted by molar-refractivity contribution is -0.142. The number of ether oxygens (including phenoxy) is 2. The average Bonchev–Trinajstić information content (AvgIpc) is 2.64. The second-order valence-corrected chi connectivity index (χ2v) is 6.20. The number of hydrogen-bond acceptors (Lipinski definition) is 6. The van der Waals surface area contributed by atoms with Crippen molar-refractivity contribution in [2.24, 2.45) is 0 Å². The molecule has 1 aliphatic rings. The molecule has 0 spiro atoms. The summed E-state index contributed by atoms with van der Waals surface area (Å²) >= 11 is 0. The predicted octanol–water partition coefficient (Wildman–Crippen LogP) is 1.98. The van der Waals surface area contributed by atoms with Gasteiger partial charge in [-0.1, -0.05) is 37.3 Å². The third kappa shape index (κ3) is 10.8. The van der Waals surface area contributed by atoms with Gasteiger partial charge in [0.2, 0.25) is 0 Å². The van der Waals surface area contributed by atoms with Crippen LogP contribution in [0.1, 0.15) is 26.3 Å². The highest BCUT2D eigenvalue weighted by Gasteiger charge is 2.16. The summed E-state index contributed by atoms with van der Waals surface area (Å²) in [6, 6.07) is 10.5.